The van der Waals surface area contributed by atoms with Crippen LogP contribution in [0.5, 0.6) is 0 Å². The standard InChI is InChI=1S/C21H22N4O5S2/c1-29-19(26)15-31-21-23-22-20(25(21)17-5-3-2-4-6-17)16-7-9-18(10-8-16)32(27,28)24-11-13-30-14-12-24/h2-10H,11-15H2,1H3. The third-order valence-electron chi connectivity index (χ3n) is 4.91. The fourth-order valence-corrected chi connectivity index (χ4v) is 5.45. The Kier molecular flexibility index (Phi) is 6.89. The van der Waals surface area contributed by atoms with Gasteiger partial charge < -0.3 is 9.47 Å². The Morgan fingerprint density at radius 1 is 1.06 bits per heavy atom. The number of morpholine rings is 1. The molecule has 11 heteroatoms. The minimum absolute atomic E-state index is 0.0954. The molecule has 0 spiro atoms. The second-order valence-corrected chi connectivity index (χ2v) is 9.76. The Balaban J connectivity index is 1.67. The van der Waals surface area contributed by atoms with Crippen LogP contribution in [0, 0.1) is 0 Å². The van der Waals surface area contributed by atoms with Crippen LogP contribution in [0.1, 0.15) is 0 Å². The van der Waals surface area contributed by atoms with Gasteiger partial charge in [0.05, 0.1) is 31.0 Å². The Labute approximate surface area is 190 Å². The summed E-state index contributed by atoms with van der Waals surface area (Å²) in [4.78, 5) is 11.8. The maximum atomic E-state index is 12.9. The lowest BCUT2D eigenvalue weighted by molar-refractivity contribution is -0.137. The summed E-state index contributed by atoms with van der Waals surface area (Å²) in [5, 5.41) is 9.09. The van der Waals surface area contributed by atoms with E-state index in [0.717, 1.165) is 5.69 Å². The van der Waals surface area contributed by atoms with Crippen molar-refractivity contribution in [3.8, 4) is 17.1 Å². The first-order chi connectivity index (χ1) is 15.5. The lowest BCUT2D eigenvalue weighted by Gasteiger charge is -2.26. The van der Waals surface area contributed by atoms with E-state index in [1.165, 1.54) is 23.2 Å². The van der Waals surface area contributed by atoms with Crippen LogP contribution < -0.4 is 0 Å². The Bertz CT molecular complexity index is 1170. The number of methoxy groups -OCH3 is 1. The van der Waals surface area contributed by atoms with Gasteiger partial charge in [-0.15, -0.1) is 10.2 Å². The maximum absolute atomic E-state index is 12.9. The molecule has 1 aromatic heterocycles. The van der Waals surface area contributed by atoms with Gasteiger partial charge in [-0.1, -0.05) is 30.0 Å². The van der Waals surface area contributed by atoms with E-state index in [0.29, 0.717) is 42.8 Å². The lowest BCUT2D eigenvalue weighted by Crippen LogP contribution is -2.40. The molecule has 2 heterocycles. The van der Waals surface area contributed by atoms with E-state index in [1.807, 2.05) is 34.9 Å². The quantitative estimate of drug-likeness (QED) is 0.379. The molecule has 1 aliphatic heterocycles. The highest BCUT2D eigenvalue weighted by atomic mass is 32.2. The molecule has 1 aliphatic rings. The number of benzene rings is 2. The van der Waals surface area contributed by atoms with Gasteiger partial charge in [0, 0.05) is 24.3 Å². The molecule has 32 heavy (non-hydrogen) atoms. The molecule has 9 nitrogen and oxygen atoms in total. The second kappa shape index (κ2) is 9.82. The predicted octanol–water partition coefficient (Wildman–Crippen LogP) is 2.22. The van der Waals surface area contributed by atoms with Crippen molar-refractivity contribution in [1.82, 2.24) is 19.1 Å². The van der Waals surface area contributed by atoms with Crippen molar-refractivity contribution in [2.45, 2.75) is 10.1 Å². The number of aromatic nitrogens is 3. The molecule has 0 bridgehead atoms. The van der Waals surface area contributed by atoms with E-state index in [1.54, 1.807) is 24.3 Å². The summed E-state index contributed by atoms with van der Waals surface area (Å²) < 4.78 is 39.0. The fourth-order valence-electron chi connectivity index (χ4n) is 3.25. The molecule has 1 saturated heterocycles. The number of nitrogens with zero attached hydrogens (tertiary/aromatic N) is 4. The van der Waals surface area contributed by atoms with Gasteiger partial charge in [0.15, 0.2) is 11.0 Å². The van der Waals surface area contributed by atoms with Crippen molar-refractivity contribution in [1.29, 1.82) is 0 Å². The van der Waals surface area contributed by atoms with Gasteiger partial charge in [-0.05, 0) is 36.4 Å². The molecule has 4 rings (SSSR count). The van der Waals surface area contributed by atoms with Crippen molar-refractivity contribution in [2.24, 2.45) is 0 Å². The molecule has 0 unspecified atom stereocenters. The number of para-hydroxylation sites is 1. The minimum atomic E-state index is -3.58. The molecule has 168 valence electrons. The van der Waals surface area contributed by atoms with Gasteiger partial charge in [0.2, 0.25) is 10.0 Å². The van der Waals surface area contributed by atoms with Gasteiger partial charge in [-0.2, -0.15) is 4.31 Å². The molecule has 0 saturated carbocycles. The minimum Gasteiger partial charge on any atom is -0.468 e. The van der Waals surface area contributed by atoms with Crippen LogP contribution in [-0.4, -0.2) is 72.6 Å². The number of hydrogen-bond donors (Lipinski definition) is 0. The highest BCUT2D eigenvalue weighted by Crippen LogP contribution is 2.29. The van der Waals surface area contributed by atoms with Crippen LogP contribution in [0.25, 0.3) is 17.1 Å². The number of ether oxygens (including phenoxy) is 2. The number of thioether (sulfide) groups is 1. The van der Waals surface area contributed by atoms with Crippen molar-refractivity contribution >= 4 is 27.8 Å². The summed E-state index contributed by atoms with van der Waals surface area (Å²) in [5.74, 6) is 0.272. The van der Waals surface area contributed by atoms with Crippen molar-refractivity contribution in [2.75, 3.05) is 39.2 Å². The van der Waals surface area contributed by atoms with E-state index in [-0.39, 0.29) is 16.6 Å². The van der Waals surface area contributed by atoms with Crippen LogP contribution in [0.2, 0.25) is 0 Å². The van der Waals surface area contributed by atoms with Gasteiger partial charge in [0.1, 0.15) is 0 Å². The average Bonchev–Trinajstić information content (AvgIpc) is 3.27. The highest BCUT2D eigenvalue weighted by molar-refractivity contribution is 7.99. The monoisotopic (exact) mass is 474 g/mol. The lowest BCUT2D eigenvalue weighted by atomic mass is 10.2. The average molecular weight is 475 g/mol. The van der Waals surface area contributed by atoms with Crippen LogP contribution in [0.3, 0.4) is 0 Å². The third kappa shape index (κ3) is 4.70. The zero-order valence-electron chi connectivity index (χ0n) is 17.4. The Morgan fingerprint density at radius 3 is 2.41 bits per heavy atom. The van der Waals surface area contributed by atoms with Crippen LogP contribution in [-0.2, 0) is 24.3 Å². The normalized spacial score (nSPS) is 14.9. The SMILES string of the molecule is COC(=O)CSc1nnc(-c2ccc(S(=O)(=O)N3CCOCC3)cc2)n1-c1ccccc1. The fraction of sp³-hybridized carbons (Fsp3) is 0.286. The summed E-state index contributed by atoms with van der Waals surface area (Å²) in [5.41, 5.74) is 1.53. The van der Waals surface area contributed by atoms with E-state index in [4.69, 9.17) is 9.47 Å². The molecule has 3 aromatic rings. The van der Waals surface area contributed by atoms with Gasteiger partial charge >= 0.3 is 5.97 Å². The van der Waals surface area contributed by atoms with Gasteiger partial charge in [-0.25, -0.2) is 8.42 Å². The third-order valence-corrected chi connectivity index (χ3v) is 7.73. The van der Waals surface area contributed by atoms with Crippen molar-refractivity contribution in [3.05, 3.63) is 54.6 Å². The van der Waals surface area contributed by atoms with Gasteiger partial charge in [0.25, 0.3) is 0 Å². The highest BCUT2D eigenvalue weighted by Gasteiger charge is 2.26. The first kappa shape index (κ1) is 22.5. The number of esters is 1. The Hall–Kier alpha value is -2.73. The zero-order valence-corrected chi connectivity index (χ0v) is 19.0. The smallest absolute Gasteiger partial charge is 0.316 e. The number of hydrogen-bond acceptors (Lipinski definition) is 8. The van der Waals surface area contributed by atoms with Gasteiger partial charge in [-0.3, -0.25) is 9.36 Å². The number of rotatable bonds is 7. The second-order valence-electron chi connectivity index (χ2n) is 6.88. The number of carbonyl (C=O) groups excluding carboxylic acids is 1. The van der Waals surface area contributed by atoms with Crippen LogP contribution in [0.4, 0.5) is 0 Å². The van der Waals surface area contributed by atoms with E-state index >= 15 is 0 Å². The van der Waals surface area contributed by atoms with E-state index in [9.17, 15) is 13.2 Å². The molecule has 0 amide bonds. The maximum Gasteiger partial charge on any atom is 0.316 e. The molecule has 0 atom stereocenters. The first-order valence-corrected chi connectivity index (χ1v) is 12.3. The number of carbonyl (C=O) groups is 1. The van der Waals surface area contributed by atoms with Crippen molar-refractivity contribution < 1.29 is 22.7 Å². The van der Waals surface area contributed by atoms with Crippen molar-refractivity contribution in [3.63, 3.8) is 0 Å². The molecule has 0 N–H and O–H groups in total. The molecule has 2 aromatic carbocycles. The van der Waals surface area contributed by atoms with E-state index in [2.05, 4.69) is 10.2 Å². The summed E-state index contributed by atoms with van der Waals surface area (Å²) in [7, 11) is -2.25. The van der Waals surface area contributed by atoms with E-state index < -0.39 is 10.0 Å². The molecule has 0 radical (unpaired) electrons. The topological polar surface area (TPSA) is 104 Å². The summed E-state index contributed by atoms with van der Waals surface area (Å²) in [6.45, 7) is 1.47. The number of sulfonamides is 1. The molecular weight excluding hydrogens is 452 g/mol. The summed E-state index contributed by atoms with van der Waals surface area (Å²) >= 11 is 1.22. The zero-order chi connectivity index (χ0) is 22.6. The predicted molar refractivity (Wildman–Crippen MR) is 119 cm³/mol. The summed E-state index contributed by atoms with van der Waals surface area (Å²) in [6.07, 6.45) is 0. The first-order valence-electron chi connectivity index (χ1n) is 9.89. The van der Waals surface area contributed by atoms with Crippen LogP contribution in [0.15, 0.2) is 64.6 Å². The van der Waals surface area contributed by atoms with Crippen LogP contribution >= 0.6 is 11.8 Å². The molecular formula is C21H22N4O5S2. The Morgan fingerprint density at radius 2 is 1.75 bits per heavy atom. The largest absolute Gasteiger partial charge is 0.468 e. The molecule has 1 fully saturated rings. The molecule has 0 aliphatic carbocycles. The summed E-state index contributed by atoms with van der Waals surface area (Å²) in [6, 6.07) is 16.1.